The monoisotopic (exact) mass is 314 g/mol. The third kappa shape index (κ3) is 6.93. The van der Waals surface area contributed by atoms with Gasteiger partial charge in [0.15, 0.2) is 0 Å². The third-order valence-electron chi connectivity index (χ3n) is 6.26. The molecule has 0 heterocycles. The first-order chi connectivity index (χ1) is 9.56. The molecule has 0 radical (unpaired) electrons. The molecule has 2 atom stereocenters. The van der Waals surface area contributed by atoms with Crippen molar-refractivity contribution in [2.75, 3.05) is 0 Å². The van der Waals surface area contributed by atoms with Crippen molar-refractivity contribution < 1.29 is 0 Å². The van der Waals surface area contributed by atoms with E-state index in [4.69, 9.17) is 11.6 Å². The molecule has 0 aromatic rings. The number of halogens is 1. The van der Waals surface area contributed by atoms with E-state index in [0.29, 0.717) is 10.8 Å². The zero-order valence-electron chi connectivity index (χ0n) is 15.5. The lowest BCUT2D eigenvalue weighted by Gasteiger charge is -2.37. The predicted molar refractivity (Wildman–Crippen MR) is 97.2 cm³/mol. The number of hydrogen-bond donors (Lipinski definition) is 0. The summed E-state index contributed by atoms with van der Waals surface area (Å²) in [5.74, 6) is 0.756. The predicted octanol–water partition coefficient (Wildman–Crippen LogP) is 7.59. The molecule has 126 valence electrons. The fraction of sp³-hybridized carbons (Fsp3) is 1.00. The van der Waals surface area contributed by atoms with Gasteiger partial charge < -0.3 is 0 Å². The van der Waals surface area contributed by atoms with Crippen LogP contribution in [0.4, 0.5) is 0 Å². The maximum Gasteiger partial charge on any atom is 0.0419 e. The van der Waals surface area contributed by atoms with Crippen LogP contribution in [0.1, 0.15) is 106 Å². The van der Waals surface area contributed by atoms with Gasteiger partial charge in [-0.1, -0.05) is 60.3 Å². The van der Waals surface area contributed by atoms with E-state index in [0.717, 1.165) is 5.92 Å². The lowest BCUT2D eigenvalue weighted by molar-refractivity contribution is 0.163. The highest BCUT2D eigenvalue weighted by molar-refractivity contribution is 6.23. The molecule has 0 aromatic carbocycles. The summed E-state index contributed by atoms with van der Waals surface area (Å²) in [4.78, 5) is 0.000282. The van der Waals surface area contributed by atoms with Crippen molar-refractivity contribution in [1.29, 1.82) is 0 Å². The van der Waals surface area contributed by atoms with Gasteiger partial charge in [0.1, 0.15) is 0 Å². The number of alkyl halides is 1. The SMILES string of the molecule is CC(C)C1(C)CCCCCC(C)(C)CCCC(C)(Cl)CC1. The Morgan fingerprint density at radius 2 is 1.24 bits per heavy atom. The first-order valence-corrected chi connectivity index (χ1v) is 9.63. The molecule has 1 fully saturated rings. The van der Waals surface area contributed by atoms with Crippen LogP contribution in [0.25, 0.3) is 0 Å². The number of hydrogen-bond acceptors (Lipinski definition) is 0. The summed E-state index contributed by atoms with van der Waals surface area (Å²) in [5.41, 5.74) is 0.974. The van der Waals surface area contributed by atoms with E-state index in [1.54, 1.807) is 0 Å². The fourth-order valence-electron chi connectivity index (χ4n) is 3.74. The molecular formula is C20H39Cl. The molecule has 0 aliphatic heterocycles. The Balaban J connectivity index is 2.74. The van der Waals surface area contributed by atoms with Crippen molar-refractivity contribution in [2.24, 2.45) is 16.7 Å². The summed E-state index contributed by atoms with van der Waals surface area (Å²) >= 11 is 6.83. The smallest absolute Gasteiger partial charge is 0.0419 e. The molecule has 0 bridgehead atoms. The quantitative estimate of drug-likeness (QED) is 0.437. The Hall–Kier alpha value is 0.290. The van der Waals surface area contributed by atoms with Gasteiger partial charge in [-0.05, 0) is 62.2 Å². The standard InChI is InChI=1S/C20H39Cl/c1-17(2)19(5)13-9-7-8-11-18(3,4)12-10-14-20(6,21)16-15-19/h17H,7-16H2,1-6H3. The lowest BCUT2D eigenvalue weighted by atomic mass is 9.70. The van der Waals surface area contributed by atoms with E-state index in [1.807, 2.05) is 0 Å². The van der Waals surface area contributed by atoms with Crippen molar-refractivity contribution in [1.82, 2.24) is 0 Å². The largest absolute Gasteiger partial charge is 0.120 e. The van der Waals surface area contributed by atoms with Crippen LogP contribution in [0, 0.1) is 16.7 Å². The molecule has 1 aliphatic carbocycles. The van der Waals surface area contributed by atoms with Crippen molar-refractivity contribution in [3.63, 3.8) is 0 Å². The van der Waals surface area contributed by atoms with Gasteiger partial charge in [0.05, 0.1) is 0 Å². The van der Waals surface area contributed by atoms with E-state index in [2.05, 4.69) is 41.5 Å². The Morgan fingerprint density at radius 1 is 0.667 bits per heavy atom. The molecule has 2 unspecified atom stereocenters. The molecule has 0 aromatic heterocycles. The molecule has 0 saturated heterocycles. The summed E-state index contributed by atoms with van der Waals surface area (Å²) in [6.45, 7) is 14.4. The maximum atomic E-state index is 6.83. The van der Waals surface area contributed by atoms with Crippen molar-refractivity contribution in [3.05, 3.63) is 0 Å². The summed E-state index contributed by atoms with van der Waals surface area (Å²) in [5, 5.41) is 0. The van der Waals surface area contributed by atoms with Gasteiger partial charge in [-0.2, -0.15) is 0 Å². The van der Waals surface area contributed by atoms with Gasteiger partial charge in [-0.25, -0.2) is 0 Å². The topological polar surface area (TPSA) is 0 Å². The minimum Gasteiger partial charge on any atom is -0.120 e. The van der Waals surface area contributed by atoms with Crippen LogP contribution in [0.15, 0.2) is 0 Å². The molecule has 1 aliphatic rings. The minimum atomic E-state index is 0.000282. The second kappa shape index (κ2) is 7.71. The molecule has 1 saturated carbocycles. The average Bonchev–Trinajstić information content (AvgIpc) is 2.35. The highest BCUT2D eigenvalue weighted by Crippen LogP contribution is 2.43. The van der Waals surface area contributed by atoms with Crippen molar-refractivity contribution in [2.45, 2.75) is 111 Å². The van der Waals surface area contributed by atoms with E-state index in [-0.39, 0.29) is 4.87 Å². The molecular weight excluding hydrogens is 276 g/mol. The van der Waals surface area contributed by atoms with Crippen LogP contribution in [0.2, 0.25) is 0 Å². The Bertz CT molecular complexity index is 303. The van der Waals surface area contributed by atoms with Gasteiger partial charge in [-0.3, -0.25) is 0 Å². The molecule has 21 heavy (non-hydrogen) atoms. The third-order valence-corrected chi connectivity index (χ3v) is 6.64. The molecule has 0 N–H and O–H groups in total. The van der Waals surface area contributed by atoms with E-state index < -0.39 is 0 Å². The zero-order chi connectivity index (χ0) is 16.1. The fourth-order valence-corrected chi connectivity index (χ4v) is 3.97. The highest BCUT2D eigenvalue weighted by atomic mass is 35.5. The van der Waals surface area contributed by atoms with Gasteiger partial charge >= 0.3 is 0 Å². The van der Waals surface area contributed by atoms with E-state index in [1.165, 1.54) is 64.2 Å². The van der Waals surface area contributed by atoms with Crippen molar-refractivity contribution >= 4 is 11.6 Å². The average molecular weight is 315 g/mol. The normalized spacial score (nSPS) is 36.6. The van der Waals surface area contributed by atoms with Gasteiger partial charge in [0, 0.05) is 4.87 Å². The highest BCUT2D eigenvalue weighted by Gasteiger charge is 2.32. The van der Waals surface area contributed by atoms with Crippen LogP contribution in [-0.4, -0.2) is 4.87 Å². The molecule has 1 rings (SSSR count). The summed E-state index contributed by atoms with van der Waals surface area (Å²) < 4.78 is 0. The first-order valence-electron chi connectivity index (χ1n) is 9.25. The van der Waals surface area contributed by atoms with Crippen LogP contribution >= 0.6 is 11.6 Å². The van der Waals surface area contributed by atoms with Crippen LogP contribution in [0.5, 0.6) is 0 Å². The summed E-state index contributed by atoms with van der Waals surface area (Å²) in [7, 11) is 0. The van der Waals surface area contributed by atoms with Gasteiger partial charge in [0.25, 0.3) is 0 Å². The second-order valence-corrected chi connectivity index (χ2v) is 10.2. The molecule has 0 amide bonds. The van der Waals surface area contributed by atoms with Crippen LogP contribution in [-0.2, 0) is 0 Å². The second-order valence-electron chi connectivity index (χ2n) is 9.30. The molecule has 0 spiro atoms. The van der Waals surface area contributed by atoms with Crippen LogP contribution in [0.3, 0.4) is 0 Å². The first kappa shape index (κ1) is 19.3. The van der Waals surface area contributed by atoms with E-state index >= 15 is 0 Å². The van der Waals surface area contributed by atoms with E-state index in [9.17, 15) is 0 Å². The Kier molecular flexibility index (Phi) is 7.10. The Labute approximate surface area is 139 Å². The zero-order valence-corrected chi connectivity index (χ0v) is 16.3. The Morgan fingerprint density at radius 3 is 1.86 bits per heavy atom. The van der Waals surface area contributed by atoms with Crippen LogP contribution < -0.4 is 0 Å². The summed E-state index contributed by atoms with van der Waals surface area (Å²) in [6, 6.07) is 0. The maximum absolute atomic E-state index is 6.83. The number of rotatable bonds is 1. The summed E-state index contributed by atoms with van der Waals surface area (Å²) in [6.07, 6.45) is 13.2. The molecule has 0 nitrogen and oxygen atoms in total. The lowest BCUT2D eigenvalue weighted by Crippen LogP contribution is -2.27. The van der Waals surface area contributed by atoms with Crippen molar-refractivity contribution in [3.8, 4) is 0 Å². The minimum absolute atomic E-state index is 0.000282. The van der Waals surface area contributed by atoms with Gasteiger partial charge in [0.2, 0.25) is 0 Å². The molecule has 1 heteroatoms. The van der Waals surface area contributed by atoms with Gasteiger partial charge in [-0.15, -0.1) is 11.6 Å².